The molecule has 166 valence electrons. The molecular formula is C25H26ClN3O3. The van der Waals surface area contributed by atoms with Crippen molar-refractivity contribution in [1.82, 2.24) is 10.7 Å². The monoisotopic (exact) mass is 451 g/mol. The van der Waals surface area contributed by atoms with Crippen LogP contribution in [0.1, 0.15) is 42.6 Å². The molecule has 1 saturated heterocycles. The number of nitrogens with zero attached hydrogens (tertiary/aromatic N) is 1. The number of hydrogen-bond acceptors (Lipinski definition) is 3. The largest absolute Gasteiger partial charge is 0.347 e. The first kappa shape index (κ1) is 22.1. The molecule has 0 radical (unpaired) electrons. The van der Waals surface area contributed by atoms with E-state index >= 15 is 0 Å². The third-order valence-electron chi connectivity index (χ3n) is 5.94. The van der Waals surface area contributed by atoms with Crippen molar-refractivity contribution in [1.29, 1.82) is 0 Å². The van der Waals surface area contributed by atoms with Gasteiger partial charge in [0, 0.05) is 16.1 Å². The van der Waals surface area contributed by atoms with Crippen molar-refractivity contribution in [3.05, 3.63) is 76.8 Å². The SMILES string of the molecule is CC(C)(Cc1ccccc1Cl)NC(=O)c1cccc(N2NC(=O)C3CC=CCC3C2=O)c1. The minimum Gasteiger partial charge on any atom is -0.347 e. The van der Waals surface area contributed by atoms with E-state index in [4.69, 9.17) is 11.6 Å². The maximum Gasteiger partial charge on any atom is 0.251 e. The van der Waals surface area contributed by atoms with E-state index < -0.39 is 5.54 Å². The first-order chi connectivity index (χ1) is 15.2. The molecule has 0 bridgehead atoms. The second-order valence-electron chi connectivity index (χ2n) is 8.96. The Morgan fingerprint density at radius 2 is 1.81 bits per heavy atom. The highest BCUT2D eigenvalue weighted by atomic mass is 35.5. The number of fused-ring (bicyclic) bond motifs is 1. The van der Waals surface area contributed by atoms with Gasteiger partial charge in [-0.15, -0.1) is 0 Å². The van der Waals surface area contributed by atoms with Crippen LogP contribution in [-0.2, 0) is 16.0 Å². The number of rotatable bonds is 5. The van der Waals surface area contributed by atoms with Gasteiger partial charge in [0.05, 0.1) is 17.5 Å². The second-order valence-corrected chi connectivity index (χ2v) is 9.37. The molecule has 0 saturated carbocycles. The molecule has 2 unspecified atom stereocenters. The Bertz CT molecular complexity index is 1100. The van der Waals surface area contributed by atoms with Gasteiger partial charge in [-0.3, -0.25) is 19.8 Å². The Balaban J connectivity index is 1.50. The number of hydrazine groups is 1. The highest BCUT2D eigenvalue weighted by Gasteiger charge is 2.42. The van der Waals surface area contributed by atoms with Crippen LogP contribution in [0.2, 0.25) is 5.02 Å². The van der Waals surface area contributed by atoms with Crippen molar-refractivity contribution in [2.75, 3.05) is 5.01 Å². The number of halogens is 1. The maximum atomic E-state index is 13.0. The summed E-state index contributed by atoms with van der Waals surface area (Å²) in [5, 5.41) is 4.98. The highest BCUT2D eigenvalue weighted by Crippen LogP contribution is 2.32. The average molecular weight is 452 g/mol. The Hall–Kier alpha value is -3.12. The fraction of sp³-hybridized carbons (Fsp3) is 0.320. The van der Waals surface area contributed by atoms with E-state index in [2.05, 4.69) is 10.7 Å². The standard InChI is InChI=1S/C25H26ClN3O3/c1-25(2,15-17-8-3-6-13-21(17)26)27-22(30)16-9-7-10-18(14-16)29-24(32)20-12-5-4-11-19(20)23(31)28-29/h3-10,13-14,19-20H,11-12,15H2,1-2H3,(H,27,30)(H,28,31). The maximum absolute atomic E-state index is 13.0. The molecular weight excluding hydrogens is 426 g/mol. The molecule has 2 aliphatic rings. The lowest BCUT2D eigenvalue weighted by Gasteiger charge is -2.38. The summed E-state index contributed by atoms with van der Waals surface area (Å²) in [6.45, 7) is 3.87. The van der Waals surface area contributed by atoms with Crippen LogP contribution >= 0.6 is 11.6 Å². The summed E-state index contributed by atoms with van der Waals surface area (Å²) in [5.41, 5.74) is 3.97. The van der Waals surface area contributed by atoms with Gasteiger partial charge in [0.2, 0.25) is 11.8 Å². The third-order valence-corrected chi connectivity index (χ3v) is 6.31. The van der Waals surface area contributed by atoms with Crippen molar-refractivity contribution >= 4 is 35.0 Å². The van der Waals surface area contributed by atoms with Crippen LogP contribution in [0.25, 0.3) is 0 Å². The lowest BCUT2D eigenvalue weighted by molar-refractivity contribution is -0.139. The van der Waals surface area contributed by atoms with E-state index in [1.54, 1.807) is 24.3 Å². The van der Waals surface area contributed by atoms with E-state index in [9.17, 15) is 14.4 Å². The first-order valence-corrected chi connectivity index (χ1v) is 11.1. The van der Waals surface area contributed by atoms with Gasteiger partial charge in [-0.1, -0.05) is 48.0 Å². The van der Waals surface area contributed by atoms with Gasteiger partial charge in [0.25, 0.3) is 5.91 Å². The molecule has 4 rings (SSSR count). The highest BCUT2D eigenvalue weighted by molar-refractivity contribution is 6.31. The van der Waals surface area contributed by atoms with E-state index in [0.29, 0.717) is 35.5 Å². The number of amides is 3. The molecule has 1 heterocycles. The molecule has 1 aliphatic heterocycles. The van der Waals surface area contributed by atoms with Gasteiger partial charge in [-0.2, -0.15) is 0 Å². The number of benzene rings is 2. The van der Waals surface area contributed by atoms with E-state index in [1.165, 1.54) is 5.01 Å². The van der Waals surface area contributed by atoms with Crippen LogP contribution in [0.3, 0.4) is 0 Å². The van der Waals surface area contributed by atoms with Crippen LogP contribution < -0.4 is 15.8 Å². The summed E-state index contributed by atoms with van der Waals surface area (Å²) in [6.07, 6.45) is 5.57. The molecule has 6 nitrogen and oxygen atoms in total. The summed E-state index contributed by atoms with van der Waals surface area (Å²) in [5.74, 6) is -1.30. The van der Waals surface area contributed by atoms with Crippen LogP contribution in [0, 0.1) is 11.8 Å². The molecule has 1 aliphatic carbocycles. The molecule has 7 heteroatoms. The molecule has 2 aromatic carbocycles. The lowest BCUT2D eigenvalue weighted by atomic mass is 9.80. The average Bonchev–Trinajstić information content (AvgIpc) is 2.77. The smallest absolute Gasteiger partial charge is 0.251 e. The predicted octanol–water partition coefficient (Wildman–Crippen LogP) is 4.05. The lowest BCUT2D eigenvalue weighted by Crippen LogP contribution is -2.59. The predicted molar refractivity (Wildman–Crippen MR) is 124 cm³/mol. The number of hydrogen-bond donors (Lipinski definition) is 2. The van der Waals surface area contributed by atoms with Gasteiger partial charge >= 0.3 is 0 Å². The molecule has 32 heavy (non-hydrogen) atoms. The topological polar surface area (TPSA) is 78.5 Å². The Morgan fingerprint density at radius 3 is 2.56 bits per heavy atom. The van der Waals surface area contributed by atoms with Crippen molar-refractivity contribution in [2.45, 2.75) is 38.6 Å². The molecule has 2 atom stereocenters. The quantitative estimate of drug-likeness (QED) is 0.673. The third kappa shape index (κ3) is 4.55. The van der Waals surface area contributed by atoms with Crippen molar-refractivity contribution in [3.8, 4) is 0 Å². The summed E-state index contributed by atoms with van der Waals surface area (Å²) < 4.78 is 0. The Morgan fingerprint density at radius 1 is 1.09 bits per heavy atom. The first-order valence-electron chi connectivity index (χ1n) is 10.7. The zero-order valence-electron chi connectivity index (χ0n) is 18.1. The minimum atomic E-state index is -0.547. The minimum absolute atomic E-state index is 0.157. The van der Waals surface area contributed by atoms with Gasteiger partial charge < -0.3 is 5.32 Å². The normalized spacial score (nSPS) is 20.5. The fourth-order valence-corrected chi connectivity index (χ4v) is 4.51. The summed E-state index contributed by atoms with van der Waals surface area (Å²) >= 11 is 6.28. The molecule has 2 aromatic rings. The summed E-state index contributed by atoms with van der Waals surface area (Å²) in [4.78, 5) is 38.6. The second kappa shape index (κ2) is 8.79. The Kier molecular flexibility index (Phi) is 6.07. The van der Waals surface area contributed by atoms with Crippen LogP contribution in [0.4, 0.5) is 5.69 Å². The molecule has 0 spiro atoms. The zero-order chi connectivity index (χ0) is 22.9. The van der Waals surface area contributed by atoms with Crippen LogP contribution in [0.15, 0.2) is 60.7 Å². The van der Waals surface area contributed by atoms with Crippen molar-refractivity contribution in [3.63, 3.8) is 0 Å². The van der Waals surface area contributed by atoms with E-state index in [0.717, 1.165) is 5.56 Å². The number of carbonyl (C=O) groups is 3. The Labute approximate surface area is 192 Å². The van der Waals surface area contributed by atoms with Gasteiger partial charge in [0.15, 0.2) is 0 Å². The fourth-order valence-electron chi connectivity index (χ4n) is 4.31. The van der Waals surface area contributed by atoms with Gasteiger partial charge in [0.1, 0.15) is 0 Å². The summed E-state index contributed by atoms with van der Waals surface area (Å²) in [6, 6.07) is 14.3. The molecule has 1 fully saturated rings. The van der Waals surface area contributed by atoms with Gasteiger partial charge in [-0.25, -0.2) is 5.01 Å². The number of allylic oxidation sites excluding steroid dienone is 2. The van der Waals surface area contributed by atoms with Gasteiger partial charge in [-0.05, 0) is 62.9 Å². The van der Waals surface area contributed by atoms with Crippen LogP contribution in [0.5, 0.6) is 0 Å². The number of anilines is 1. The van der Waals surface area contributed by atoms with E-state index in [-0.39, 0.29) is 29.6 Å². The van der Waals surface area contributed by atoms with Crippen molar-refractivity contribution < 1.29 is 14.4 Å². The van der Waals surface area contributed by atoms with E-state index in [1.807, 2.05) is 50.3 Å². The summed E-state index contributed by atoms with van der Waals surface area (Å²) in [7, 11) is 0. The molecule has 3 amide bonds. The van der Waals surface area contributed by atoms with Crippen molar-refractivity contribution in [2.24, 2.45) is 11.8 Å². The molecule has 0 aromatic heterocycles. The number of carbonyl (C=O) groups excluding carboxylic acids is 3. The number of nitrogens with one attached hydrogen (secondary N) is 2. The van der Waals surface area contributed by atoms with Crippen LogP contribution in [-0.4, -0.2) is 23.3 Å². The molecule has 2 N–H and O–H groups in total. The zero-order valence-corrected chi connectivity index (χ0v) is 18.9.